The number of benzene rings is 2. The summed E-state index contributed by atoms with van der Waals surface area (Å²) in [6.07, 6.45) is 0. The first-order valence-corrected chi connectivity index (χ1v) is 11.6. The third-order valence-corrected chi connectivity index (χ3v) is 6.44. The number of hydrogen-bond donors (Lipinski definition) is 2. The quantitative estimate of drug-likeness (QED) is 0.426. The fourth-order valence-corrected chi connectivity index (χ4v) is 3.99. The van der Waals surface area contributed by atoms with Crippen molar-refractivity contribution >= 4 is 52.3 Å². The highest BCUT2D eigenvalue weighted by molar-refractivity contribution is 6.42. The Morgan fingerprint density at radius 3 is 2.34 bits per heavy atom. The van der Waals surface area contributed by atoms with E-state index < -0.39 is 22.8 Å². The van der Waals surface area contributed by atoms with E-state index in [0.717, 1.165) is 5.56 Å². The summed E-state index contributed by atoms with van der Waals surface area (Å²) in [7, 11) is 0. The molecule has 0 bridgehead atoms. The van der Waals surface area contributed by atoms with Crippen LogP contribution in [0.25, 0.3) is 0 Å². The Morgan fingerprint density at radius 2 is 1.74 bits per heavy atom. The number of halogens is 2. The minimum absolute atomic E-state index is 0.0140. The molecule has 3 rings (SSSR count). The Balaban J connectivity index is 1.68. The molecular weight excluding hydrogens is 497 g/mol. The highest BCUT2D eigenvalue weighted by atomic mass is 35.5. The van der Waals surface area contributed by atoms with Crippen LogP contribution in [0.3, 0.4) is 0 Å². The van der Waals surface area contributed by atoms with Gasteiger partial charge in [0.1, 0.15) is 11.6 Å². The molecule has 0 spiro atoms. The van der Waals surface area contributed by atoms with Gasteiger partial charge in [-0.05, 0) is 36.8 Å². The van der Waals surface area contributed by atoms with Crippen molar-refractivity contribution in [3.8, 4) is 0 Å². The molecule has 0 saturated carbocycles. The highest BCUT2D eigenvalue weighted by Crippen LogP contribution is 2.26. The summed E-state index contributed by atoms with van der Waals surface area (Å²) in [6.45, 7) is 5.26. The minimum Gasteiger partial charge on any atom is -0.368 e. The Kier molecular flexibility index (Phi) is 8.52. The molecule has 1 heterocycles. The number of amides is 3. The van der Waals surface area contributed by atoms with Gasteiger partial charge in [-0.15, -0.1) is 0 Å². The van der Waals surface area contributed by atoms with Crippen LogP contribution < -0.4 is 15.5 Å². The minimum atomic E-state index is -0.951. The van der Waals surface area contributed by atoms with Gasteiger partial charge in [0, 0.05) is 51.4 Å². The van der Waals surface area contributed by atoms with Crippen LogP contribution in [0.5, 0.6) is 0 Å². The number of piperazine rings is 1. The molecule has 0 aliphatic carbocycles. The molecule has 2 aromatic carbocycles. The number of carbonyl (C=O) groups excluding carboxylic acids is 3. The number of nitrogens with one attached hydrogen (secondary N) is 2. The monoisotopic (exact) mass is 521 g/mol. The molecule has 3 amide bonds. The third-order valence-electron chi connectivity index (χ3n) is 5.70. The van der Waals surface area contributed by atoms with Gasteiger partial charge in [0.15, 0.2) is 0 Å². The maximum absolute atomic E-state index is 12.9. The second-order valence-electron chi connectivity index (χ2n) is 8.11. The zero-order valence-corrected chi connectivity index (χ0v) is 20.7. The van der Waals surface area contributed by atoms with Crippen molar-refractivity contribution < 1.29 is 19.3 Å². The van der Waals surface area contributed by atoms with Gasteiger partial charge in [-0.25, -0.2) is 0 Å². The Hall–Kier alpha value is -3.37. The van der Waals surface area contributed by atoms with E-state index in [9.17, 15) is 24.5 Å². The lowest BCUT2D eigenvalue weighted by atomic mass is 10.1. The normalized spacial score (nSPS) is 14.3. The zero-order valence-electron chi connectivity index (χ0n) is 19.2. The van der Waals surface area contributed by atoms with Crippen LogP contribution in [0.2, 0.25) is 10.0 Å². The maximum atomic E-state index is 12.9. The molecule has 1 atom stereocenters. The molecule has 1 unspecified atom stereocenters. The molecule has 12 heteroatoms. The first-order valence-electron chi connectivity index (χ1n) is 10.9. The van der Waals surface area contributed by atoms with Crippen molar-refractivity contribution in [2.24, 2.45) is 0 Å². The number of nitro groups is 1. The summed E-state index contributed by atoms with van der Waals surface area (Å²) in [5, 5.41) is 17.5. The second-order valence-corrected chi connectivity index (χ2v) is 8.93. The van der Waals surface area contributed by atoms with Crippen LogP contribution in [0, 0.1) is 10.1 Å². The van der Waals surface area contributed by atoms with E-state index in [0.29, 0.717) is 41.9 Å². The first kappa shape index (κ1) is 26.2. The maximum Gasteiger partial charge on any atom is 0.282 e. The van der Waals surface area contributed by atoms with E-state index in [1.165, 1.54) is 26.0 Å². The summed E-state index contributed by atoms with van der Waals surface area (Å²) in [4.78, 5) is 51.5. The van der Waals surface area contributed by atoms with Gasteiger partial charge in [-0.3, -0.25) is 24.5 Å². The standard InChI is InChI=1S/C23H25Cl2N5O5/c1-14(22(32)26-13-16-3-5-19(24)20(25)11-16)27-23(33)18-12-17(4-6-21(18)30(34)35)29-9-7-28(8-10-29)15(2)31/h3-6,11-12,14H,7-10,13H2,1-2H3,(H,26,32)(H,27,33). The molecule has 2 aromatic rings. The fourth-order valence-electron chi connectivity index (χ4n) is 3.67. The molecule has 0 aromatic heterocycles. The lowest BCUT2D eigenvalue weighted by molar-refractivity contribution is -0.385. The van der Waals surface area contributed by atoms with Gasteiger partial charge in [0.25, 0.3) is 11.6 Å². The van der Waals surface area contributed by atoms with Gasteiger partial charge >= 0.3 is 0 Å². The first-order chi connectivity index (χ1) is 16.6. The average molecular weight is 522 g/mol. The summed E-state index contributed by atoms with van der Waals surface area (Å²) < 4.78 is 0. The van der Waals surface area contributed by atoms with Crippen LogP contribution >= 0.6 is 23.2 Å². The number of hydrogen-bond acceptors (Lipinski definition) is 6. The number of anilines is 1. The highest BCUT2D eigenvalue weighted by Gasteiger charge is 2.26. The van der Waals surface area contributed by atoms with E-state index in [1.54, 1.807) is 29.2 Å². The van der Waals surface area contributed by atoms with Gasteiger partial charge in [-0.2, -0.15) is 0 Å². The van der Waals surface area contributed by atoms with Gasteiger partial charge < -0.3 is 20.4 Å². The van der Waals surface area contributed by atoms with E-state index in [1.807, 2.05) is 4.90 Å². The Morgan fingerprint density at radius 1 is 1.06 bits per heavy atom. The molecule has 1 aliphatic heterocycles. The predicted molar refractivity (Wildman–Crippen MR) is 133 cm³/mol. The molecule has 186 valence electrons. The number of rotatable bonds is 7. The van der Waals surface area contributed by atoms with Crippen molar-refractivity contribution in [3.05, 3.63) is 67.7 Å². The summed E-state index contributed by atoms with van der Waals surface area (Å²) in [5.74, 6) is -1.22. The molecular formula is C23H25Cl2N5O5. The van der Waals surface area contributed by atoms with Crippen LogP contribution in [0.15, 0.2) is 36.4 Å². The number of nitro benzene ring substituents is 1. The molecule has 35 heavy (non-hydrogen) atoms. The van der Waals surface area contributed by atoms with E-state index >= 15 is 0 Å². The topological polar surface area (TPSA) is 125 Å². The zero-order chi connectivity index (χ0) is 25.7. The van der Waals surface area contributed by atoms with Gasteiger partial charge in [0.2, 0.25) is 11.8 Å². The number of nitrogens with zero attached hydrogens (tertiary/aromatic N) is 3. The Bertz CT molecular complexity index is 1150. The molecule has 1 aliphatic rings. The predicted octanol–water partition coefficient (Wildman–Crippen LogP) is 3.00. The average Bonchev–Trinajstić information content (AvgIpc) is 2.84. The summed E-state index contributed by atoms with van der Waals surface area (Å²) in [6, 6.07) is 8.29. The Labute approximate surface area is 212 Å². The molecule has 0 radical (unpaired) electrons. The lowest BCUT2D eigenvalue weighted by Crippen LogP contribution is -2.48. The molecule has 1 fully saturated rings. The number of carbonyl (C=O) groups is 3. The van der Waals surface area contributed by atoms with Crippen molar-refractivity contribution in [2.75, 3.05) is 31.1 Å². The van der Waals surface area contributed by atoms with Crippen molar-refractivity contribution in [1.29, 1.82) is 0 Å². The van der Waals surface area contributed by atoms with E-state index in [-0.39, 0.29) is 23.7 Å². The van der Waals surface area contributed by atoms with E-state index in [4.69, 9.17) is 23.2 Å². The molecule has 2 N–H and O–H groups in total. The molecule has 10 nitrogen and oxygen atoms in total. The summed E-state index contributed by atoms with van der Waals surface area (Å²) >= 11 is 11.9. The van der Waals surface area contributed by atoms with Crippen molar-refractivity contribution in [3.63, 3.8) is 0 Å². The smallest absolute Gasteiger partial charge is 0.282 e. The SMILES string of the molecule is CC(=O)N1CCN(c2ccc([N+](=O)[O-])c(C(=O)NC(C)C(=O)NCc3ccc(Cl)c(Cl)c3)c2)CC1. The van der Waals surface area contributed by atoms with Crippen molar-refractivity contribution in [2.45, 2.75) is 26.4 Å². The van der Waals surface area contributed by atoms with Gasteiger partial charge in [-0.1, -0.05) is 29.3 Å². The van der Waals surface area contributed by atoms with Crippen LogP contribution in [0.1, 0.15) is 29.8 Å². The largest absolute Gasteiger partial charge is 0.368 e. The summed E-state index contributed by atoms with van der Waals surface area (Å²) in [5.41, 5.74) is 0.836. The third kappa shape index (κ3) is 6.61. The van der Waals surface area contributed by atoms with Crippen LogP contribution in [-0.2, 0) is 16.1 Å². The second kappa shape index (κ2) is 11.4. The lowest BCUT2D eigenvalue weighted by Gasteiger charge is -2.35. The molecule has 1 saturated heterocycles. The van der Waals surface area contributed by atoms with Gasteiger partial charge in [0.05, 0.1) is 15.0 Å². The van der Waals surface area contributed by atoms with Crippen molar-refractivity contribution in [1.82, 2.24) is 15.5 Å². The van der Waals surface area contributed by atoms with E-state index in [2.05, 4.69) is 10.6 Å². The fraction of sp³-hybridized carbons (Fsp3) is 0.348. The van der Waals surface area contributed by atoms with Crippen LogP contribution in [0.4, 0.5) is 11.4 Å². The van der Waals surface area contributed by atoms with Crippen LogP contribution in [-0.4, -0.2) is 59.8 Å².